The van der Waals surface area contributed by atoms with Crippen molar-refractivity contribution in [3.05, 3.63) is 27.7 Å². The number of nitrogens with zero attached hydrogens (tertiary/aromatic N) is 1. The molecular weight excluding hydrogens is 280 g/mol. The molecule has 0 bridgehead atoms. The fourth-order valence-corrected chi connectivity index (χ4v) is 2.14. The molecule has 0 spiro atoms. The zero-order valence-electron chi connectivity index (χ0n) is 9.18. The number of unbranched alkanes of at least 4 members (excludes halogenated alkanes) is 2. The lowest BCUT2D eigenvalue weighted by molar-refractivity contribution is 0.305. The van der Waals surface area contributed by atoms with Crippen LogP contribution in [-0.2, 0) is 5.88 Å². The van der Waals surface area contributed by atoms with Gasteiger partial charge in [0.15, 0.2) is 0 Å². The Hall–Kier alpha value is -0.620. The van der Waals surface area contributed by atoms with E-state index < -0.39 is 0 Å². The highest BCUT2D eigenvalue weighted by atomic mass is 35.5. The maximum atomic E-state index is 8.40. The second-order valence-electron chi connectivity index (χ2n) is 3.47. The smallest absolute Gasteiger partial charge is 0.142 e. The van der Waals surface area contributed by atoms with Crippen LogP contribution in [0.2, 0.25) is 10.0 Å². The first-order valence-corrected chi connectivity index (χ1v) is 6.51. The number of benzene rings is 1. The lowest BCUT2D eigenvalue weighted by Crippen LogP contribution is -2.00. The summed E-state index contributed by atoms with van der Waals surface area (Å²) in [4.78, 5) is 0. The number of hydrogen-bond donors (Lipinski definition) is 0. The molecule has 1 rings (SSSR count). The molecule has 0 amide bonds. The fourth-order valence-electron chi connectivity index (χ4n) is 1.35. The molecule has 0 radical (unpaired) electrons. The monoisotopic (exact) mass is 291 g/mol. The first kappa shape index (κ1) is 14.4. The van der Waals surface area contributed by atoms with E-state index in [0.29, 0.717) is 34.7 Å². The third-order valence-electron chi connectivity index (χ3n) is 2.16. The predicted octanol–water partition coefficient (Wildman–Crippen LogP) is 4.80. The molecule has 92 valence electrons. The van der Waals surface area contributed by atoms with E-state index in [1.165, 1.54) is 0 Å². The lowest BCUT2D eigenvalue weighted by atomic mass is 10.2. The molecule has 0 saturated heterocycles. The Bertz CT molecular complexity index is 415. The molecule has 0 heterocycles. The molecule has 5 heteroatoms. The number of ether oxygens (including phenoxy) is 1. The SMILES string of the molecule is N#CCCCCOc1c(Cl)cc(Cl)cc1CCl. The van der Waals surface area contributed by atoms with Crippen LogP contribution in [0.1, 0.15) is 24.8 Å². The van der Waals surface area contributed by atoms with E-state index in [9.17, 15) is 0 Å². The molecule has 0 N–H and O–H groups in total. The van der Waals surface area contributed by atoms with E-state index in [1.54, 1.807) is 12.1 Å². The van der Waals surface area contributed by atoms with Crippen molar-refractivity contribution in [3.8, 4) is 11.8 Å². The summed E-state index contributed by atoms with van der Waals surface area (Å²) in [6.45, 7) is 0.521. The van der Waals surface area contributed by atoms with E-state index in [4.69, 9.17) is 44.8 Å². The van der Waals surface area contributed by atoms with Crippen molar-refractivity contribution in [1.29, 1.82) is 5.26 Å². The summed E-state index contributed by atoms with van der Waals surface area (Å²) in [6, 6.07) is 5.46. The van der Waals surface area contributed by atoms with Crippen LogP contribution in [0.3, 0.4) is 0 Å². The Kier molecular flexibility index (Phi) is 6.50. The number of alkyl halides is 1. The van der Waals surface area contributed by atoms with Gasteiger partial charge in [-0.05, 0) is 25.0 Å². The molecule has 0 aliphatic rings. The number of rotatable bonds is 6. The molecule has 1 aromatic carbocycles. The van der Waals surface area contributed by atoms with Crippen molar-refractivity contribution in [2.75, 3.05) is 6.61 Å². The summed E-state index contributed by atoms with van der Waals surface area (Å²) >= 11 is 17.7. The molecule has 1 aromatic rings. The fraction of sp³-hybridized carbons (Fsp3) is 0.417. The van der Waals surface area contributed by atoms with Crippen LogP contribution in [-0.4, -0.2) is 6.61 Å². The molecule has 0 saturated carbocycles. The van der Waals surface area contributed by atoms with Gasteiger partial charge in [0.2, 0.25) is 0 Å². The average Bonchev–Trinajstić information content (AvgIpc) is 2.30. The highest BCUT2D eigenvalue weighted by molar-refractivity contribution is 6.35. The molecule has 0 atom stereocenters. The number of halogens is 3. The van der Waals surface area contributed by atoms with Crippen molar-refractivity contribution in [2.24, 2.45) is 0 Å². The van der Waals surface area contributed by atoms with Gasteiger partial charge in [0.25, 0.3) is 0 Å². The maximum absolute atomic E-state index is 8.40. The molecule has 2 nitrogen and oxygen atoms in total. The van der Waals surface area contributed by atoms with Gasteiger partial charge in [-0.2, -0.15) is 5.26 Å². The third-order valence-corrected chi connectivity index (χ3v) is 2.95. The van der Waals surface area contributed by atoms with Gasteiger partial charge in [0, 0.05) is 17.0 Å². The second-order valence-corrected chi connectivity index (χ2v) is 4.58. The van der Waals surface area contributed by atoms with Crippen LogP contribution in [0.5, 0.6) is 5.75 Å². The largest absolute Gasteiger partial charge is 0.492 e. The van der Waals surface area contributed by atoms with Crippen molar-refractivity contribution in [2.45, 2.75) is 25.1 Å². The van der Waals surface area contributed by atoms with Gasteiger partial charge >= 0.3 is 0 Å². The summed E-state index contributed by atoms with van der Waals surface area (Å²) in [5, 5.41) is 9.41. The van der Waals surface area contributed by atoms with Crippen LogP contribution in [0.25, 0.3) is 0 Å². The summed E-state index contributed by atoms with van der Waals surface area (Å²) in [5.74, 6) is 0.886. The van der Waals surface area contributed by atoms with E-state index >= 15 is 0 Å². The van der Waals surface area contributed by atoms with Gasteiger partial charge in [-0.1, -0.05) is 23.2 Å². The van der Waals surface area contributed by atoms with Gasteiger partial charge in [-0.3, -0.25) is 0 Å². The summed E-state index contributed by atoms with van der Waals surface area (Å²) in [6.07, 6.45) is 2.17. The maximum Gasteiger partial charge on any atom is 0.142 e. The van der Waals surface area contributed by atoms with Gasteiger partial charge in [-0.15, -0.1) is 11.6 Å². The first-order chi connectivity index (χ1) is 8.19. The molecule has 0 aliphatic heterocycles. The van der Waals surface area contributed by atoms with Crippen LogP contribution < -0.4 is 4.74 Å². The van der Waals surface area contributed by atoms with E-state index in [-0.39, 0.29) is 0 Å². The summed E-state index contributed by atoms with van der Waals surface area (Å²) < 4.78 is 5.58. The minimum Gasteiger partial charge on any atom is -0.492 e. The first-order valence-electron chi connectivity index (χ1n) is 5.22. The standard InChI is InChI=1S/C12H12Cl3NO/c13-8-9-6-10(14)7-11(15)12(9)17-5-3-1-2-4-16/h6-7H,1-3,5,8H2. The Balaban J connectivity index is 2.61. The normalized spacial score (nSPS) is 10.0. The third kappa shape index (κ3) is 4.63. The van der Waals surface area contributed by atoms with Gasteiger partial charge < -0.3 is 4.74 Å². The zero-order chi connectivity index (χ0) is 12.7. The Morgan fingerprint density at radius 3 is 2.65 bits per heavy atom. The summed E-state index contributed by atoms with van der Waals surface area (Å²) in [7, 11) is 0. The highest BCUT2D eigenvalue weighted by Gasteiger charge is 2.09. The average molecular weight is 293 g/mol. The second kappa shape index (κ2) is 7.66. The summed E-state index contributed by atoms with van der Waals surface area (Å²) in [5.41, 5.74) is 0.782. The van der Waals surface area contributed by atoms with E-state index in [2.05, 4.69) is 6.07 Å². The van der Waals surface area contributed by atoms with Crippen molar-refractivity contribution >= 4 is 34.8 Å². The predicted molar refractivity (Wildman–Crippen MR) is 71.0 cm³/mol. The molecule has 0 aromatic heterocycles. The molecule has 0 fully saturated rings. The van der Waals surface area contributed by atoms with Crippen LogP contribution in [0, 0.1) is 11.3 Å². The van der Waals surface area contributed by atoms with E-state index in [1.807, 2.05) is 0 Å². The van der Waals surface area contributed by atoms with Gasteiger partial charge in [0.05, 0.1) is 23.6 Å². The molecular formula is C12H12Cl3NO. The zero-order valence-corrected chi connectivity index (χ0v) is 11.4. The highest BCUT2D eigenvalue weighted by Crippen LogP contribution is 2.33. The number of nitriles is 1. The topological polar surface area (TPSA) is 33.0 Å². The molecule has 0 unspecified atom stereocenters. The van der Waals surface area contributed by atoms with Crippen molar-refractivity contribution in [1.82, 2.24) is 0 Å². The Labute approximate surface area is 116 Å². The van der Waals surface area contributed by atoms with Gasteiger partial charge in [0.1, 0.15) is 5.75 Å². The minimum absolute atomic E-state index is 0.299. The van der Waals surface area contributed by atoms with Crippen LogP contribution in [0.4, 0.5) is 0 Å². The Morgan fingerprint density at radius 2 is 2.00 bits per heavy atom. The minimum atomic E-state index is 0.299. The number of hydrogen-bond acceptors (Lipinski definition) is 2. The Morgan fingerprint density at radius 1 is 1.24 bits per heavy atom. The van der Waals surface area contributed by atoms with Gasteiger partial charge in [-0.25, -0.2) is 0 Å². The van der Waals surface area contributed by atoms with Crippen LogP contribution >= 0.6 is 34.8 Å². The van der Waals surface area contributed by atoms with Crippen LogP contribution in [0.15, 0.2) is 12.1 Å². The van der Waals surface area contributed by atoms with Crippen molar-refractivity contribution < 1.29 is 4.74 Å². The quantitative estimate of drug-likeness (QED) is 0.557. The molecule has 0 aliphatic carbocycles. The van der Waals surface area contributed by atoms with E-state index in [0.717, 1.165) is 18.4 Å². The molecule has 17 heavy (non-hydrogen) atoms. The lowest BCUT2D eigenvalue weighted by Gasteiger charge is -2.12. The van der Waals surface area contributed by atoms with Crippen molar-refractivity contribution in [3.63, 3.8) is 0 Å².